The summed E-state index contributed by atoms with van der Waals surface area (Å²) < 4.78 is 1.19. The number of pyridine rings is 1. The van der Waals surface area contributed by atoms with Crippen molar-refractivity contribution in [1.82, 2.24) is 4.98 Å². The van der Waals surface area contributed by atoms with Gasteiger partial charge in [-0.1, -0.05) is 13.8 Å². The number of nitrogen functional groups attached to an aromatic ring is 1. The van der Waals surface area contributed by atoms with Gasteiger partial charge in [0, 0.05) is 20.3 Å². The lowest BCUT2D eigenvalue weighted by molar-refractivity contribution is 0.830. The lowest BCUT2D eigenvalue weighted by Crippen LogP contribution is -1.97. The summed E-state index contributed by atoms with van der Waals surface area (Å²) in [6, 6.07) is 8.13. The fourth-order valence-corrected chi connectivity index (χ4v) is 2.03. The van der Waals surface area contributed by atoms with Crippen molar-refractivity contribution >= 4 is 39.2 Å². The van der Waals surface area contributed by atoms with E-state index in [1.807, 2.05) is 12.1 Å². The maximum absolute atomic E-state index is 6.02. The highest BCUT2D eigenvalue weighted by molar-refractivity contribution is 14.1. The van der Waals surface area contributed by atoms with Crippen LogP contribution in [0.5, 0.6) is 0 Å². The van der Waals surface area contributed by atoms with Crippen molar-refractivity contribution in [3.8, 4) is 0 Å². The Bertz CT molecular complexity index is 506. The van der Waals surface area contributed by atoms with E-state index in [-0.39, 0.29) is 0 Å². The molecule has 2 N–H and O–H groups in total. The highest BCUT2D eigenvalue weighted by Crippen LogP contribution is 2.25. The van der Waals surface area contributed by atoms with Crippen molar-refractivity contribution in [2.45, 2.75) is 19.8 Å². The van der Waals surface area contributed by atoms with Gasteiger partial charge < -0.3 is 5.73 Å². The summed E-state index contributed by atoms with van der Waals surface area (Å²) in [5.41, 5.74) is 8.88. The number of benzene rings is 1. The summed E-state index contributed by atoms with van der Waals surface area (Å²) in [4.78, 5) is 4.59. The van der Waals surface area contributed by atoms with Gasteiger partial charge in [-0.3, -0.25) is 4.98 Å². The zero-order valence-corrected chi connectivity index (χ0v) is 10.9. The molecule has 1 aromatic carbocycles. The van der Waals surface area contributed by atoms with E-state index >= 15 is 0 Å². The molecular weight excluding hydrogens is 299 g/mol. The molecule has 0 aliphatic rings. The van der Waals surface area contributed by atoms with Crippen LogP contribution in [0.3, 0.4) is 0 Å². The summed E-state index contributed by atoms with van der Waals surface area (Å²) in [5, 5.41) is 1.05. The Morgan fingerprint density at radius 3 is 2.67 bits per heavy atom. The van der Waals surface area contributed by atoms with Crippen LogP contribution in [-0.4, -0.2) is 4.98 Å². The highest BCUT2D eigenvalue weighted by atomic mass is 127. The van der Waals surface area contributed by atoms with E-state index in [1.54, 1.807) is 0 Å². The zero-order chi connectivity index (χ0) is 11.0. The molecule has 0 aliphatic heterocycles. The molecule has 0 atom stereocenters. The number of nitrogens with zero attached hydrogens (tertiary/aromatic N) is 1. The summed E-state index contributed by atoms with van der Waals surface area (Å²) in [6.07, 6.45) is 0. The van der Waals surface area contributed by atoms with E-state index in [1.165, 1.54) is 3.57 Å². The van der Waals surface area contributed by atoms with Gasteiger partial charge in [0.1, 0.15) is 0 Å². The second-order valence-corrected chi connectivity index (χ2v) is 5.20. The Morgan fingerprint density at radius 2 is 2.00 bits per heavy atom. The third kappa shape index (κ3) is 2.07. The van der Waals surface area contributed by atoms with E-state index < -0.39 is 0 Å². The van der Waals surface area contributed by atoms with Gasteiger partial charge in [0.25, 0.3) is 0 Å². The highest BCUT2D eigenvalue weighted by Gasteiger charge is 2.06. The van der Waals surface area contributed by atoms with Crippen LogP contribution in [0.1, 0.15) is 25.5 Å². The van der Waals surface area contributed by atoms with Gasteiger partial charge >= 0.3 is 0 Å². The summed E-state index contributed by atoms with van der Waals surface area (Å²) in [5.74, 6) is 0.413. The largest absolute Gasteiger partial charge is 0.398 e. The Kier molecular flexibility index (Phi) is 2.82. The fraction of sp³-hybridized carbons (Fsp3) is 0.250. The van der Waals surface area contributed by atoms with Crippen LogP contribution in [0.4, 0.5) is 5.69 Å². The number of halogens is 1. The summed E-state index contributed by atoms with van der Waals surface area (Å²) in [7, 11) is 0. The van der Waals surface area contributed by atoms with Crippen molar-refractivity contribution in [1.29, 1.82) is 0 Å². The van der Waals surface area contributed by atoms with E-state index in [0.29, 0.717) is 5.92 Å². The molecule has 0 radical (unpaired) electrons. The van der Waals surface area contributed by atoms with Crippen LogP contribution in [0.15, 0.2) is 24.3 Å². The number of fused-ring (bicyclic) bond motifs is 1. The molecule has 0 bridgehead atoms. The first-order valence-corrected chi connectivity index (χ1v) is 6.01. The van der Waals surface area contributed by atoms with Gasteiger partial charge in [-0.15, -0.1) is 0 Å². The molecule has 1 heterocycles. The van der Waals surface area contributed by atoms with Crippen LogP contribution >= 0.6 is 22.6 Å². The molecule has 2 nitrogen and oxygen atoms in total. The van der Waals surface area contributed by atoms with Crippen molar-refractivity contribution in [2.75, 3.05) is 5.73 Å². The molecule has 0 saturated carbocycles. The van der Waals surface area contributed by atoms with E-state index in [9.17, 15) is 0 Å². The van der Waals surface area contributed by atoms with Gasteiger partial charge in [-0.05, 0) is 52.8 Å². The average Bonchev–Trinajstić information content (AvgIpc) is 2.18. The fourth-order valence-electron chi connectivity index (χ4n) is 1.54. The lowest BCUT2D eigenvalue weighted by atomic mass is 10.1. The van der Waals surface area contributed by atoms with Gasteiger partial charge in [-0.25, -0.2) is 0 Å². The van der Waals surface area contributed by atoms with Gasteiger partial charge in [0.2, 0.25) is 0 Å². The molecule has 0 aliphatic carbocycles. The van der Waals surface area contributed by atoms with Crippen LogP contribution in [-0.2, 0) is 0 Å². The molecule has 78 valence electrons. The topological polar surface area (TPSA) is 38.9 Å². The Hall–Kier alpha value is -0.840. The lowest BCUT2D eigenvalue weighted by Gasteiger charge is -2.08. The van der Waals surface area contributed by atoms with Crippen LogP contribution in [0.25, 0.3) is 10.9 Å². The predicted octanol–water partition coefficient (Wildman–Crippen LogP) is 3.55. The van der Waals surface area contributed by atoms with E-state index in [2.05, 4.69) is 53.6 Å². The van der Waals surface area contributed by atoms with Crippen molar-refractivity contribution in [3.63, 3.8) is 0 Å². The van der Waals surface area contributed by atoms with Crippen LogP contribution in [0.2, 0.25) is 0 Å². The zero-order valence-electron chi connectivity index (χ0n) is 8.79. The first-order chi connectivity index (χ1) is 7.08. The Morgan fingerprint density at radius 1 is 1.27 bits per heavy atom. The number of rotatable bonds is 1. The quantitative estimate of drug-likeness (QED) is 0.818. The molecule has 15 heavy (non-hydrogen) atoms. The normalized spacial score (nSPS) is 11.2. The van der Waals surface area contributed by atoms with Crippen LogP contribution in [0, 0.1) is 3.57 Å². The maximum atomic E-state index is 6.02. The van der Waals surface area contributed by atoms with E-state index in [4.69, 9.17) is 5.73 Å². The average molecular weight is 312 g/mol. The number of hydrogen-bond acceptors (Lipinski definition) is 2. The molecule has 2 rings (SSSR count). The number of nitrogens with two attached hydrogens (primary N) is 1. The first-order valence-electron chi connectivity index (χ1n) is 4.93. The third-order valence-corrected chi connectivity index (χ3v) is 3.09. The SMILES string of the molecule is CC(C)c1cc(N)c2cc(I)ccc2n1. The summed E-state index contributed by atoms with van der Waals surface area (Å²) >= 11 is 2.28. The standard InChI is InChI=1S/C12H13IN2/c1-7(2)12-6-10(14)9-5-8(13)3-4-11(9)15-12/h3-7H,1-2H3,(H2,14,15). The van der Waals surface area contributed by atoms with Gasteiger partial charge in [0.15, 0.2) is 0 Å². The first kappa shape index (κ1) is 10.7. The molecule has 0 fully saturated rings. The molecular formula is C12H13IN2. The summed E-state index contributed by atoms with van der Waals surface area (Å²) in [6.45, 7) is 4.25. The predicted molar refractivity (Wildman–Crippen MR) is 73.0 cm³/mol. The number of hydrogen-bond donors (Lipinski definition) is 1. The minimum Gasteiger partial charge on any atom is -0.398 e. The van der Waals surface area contributed by atoms with Gasteiger partial charge in [0.05, 0.1) is 5.52 Å². The van der Waals surface area contributed by atoms with Gasteiger partial charge in [-0.2, -0.15) is 0 Å². The second kappa shape index (κ2) is 3.96. The minimum absolute atomic E-state index is 0.413. The molecule has 1 aromatic heterocycles. The smallest absolute Gasteiger partial charge is 0.0726 e. The third-order valence-electron chi connectivity index (χ3n) is 2.41. The minimum atomic E-state index is 0.413. The molecule has 0 amide bonds. The maximum Gasteiger partial charge on any atom is 0.0726 e. The molecule has 0 unspecified atom stereocenters. The van der Waals surface area contributed by atoms with Crippen molar-refractivity contribution in [3.05, 3.63) is 33.5 Å². The molecule has 3 heteroatoms. The number of aromatic nitrogens is 1. The number of anilines is 1. The monoisotopic (exact) mass is 312 g/mol. The Balaban J connectivity index is 2.73. The van der Waals surface area contributed by atoms with Crippen LogP contribution < -0.4 is 5.73 Å². The van der Waals surface area contributed by atoms with Crippen molar-refractivity contribution in [2.24, 2.45) is 0 Å². The van der Waals surface area contributed by atoms with Crippen molar-refractivity contribution < 1.29 is 0 Å². The molecule has 2 aromatic rings. The molecule has 0 saturated heterocycles. The Labute approximate surface area is 103 Å². The second-order valence-electron chi connectivity index (χ2n) is 3.95. The van der Waals surface area contributed by atoms with E-state index in [0.717, 1.165) is 22.3 Å². The molecule has 0 spiro atoms.